The average Bonchev–Trinajstić information content (AvgIpc) is 3.21. The molecule has 2 aromatic rings. The molecule has 0 atom stereocenters. The number of aryl methyl sites for hydroxylation is 1. The highest BCUT2D eigenvalue weighted by Crippen LogP contribution is 2.22. The molecule has 0 saturated heterocycles. The second-order valence-electron chi connectivity index (χ2n) is 5.82. The van der Waals surface area contributed by atoms with Gasteiger partial charge in [0.25, 0.3) is 17.7 Å². The summed E-state index contributed by atoms with van der Waals surface area (Å²) >= 11 is 0. The van der Waals surface area contributed by atoms with Crippen LogP contribution in [-0.2, 0) is 6.42 Å². The predicted molar refractivity (Wildman–Crippen MR) is 81.2 cm³/mol. The molecule has 8 nitrogen and oxygen atoms in total. The van der Waals surface area contributed by atoms with E-state index in [1.165, 1.54) is 0 Å². The second-order valence-corrected chi connectivity index (χ2v) is 5.82. The Labute approximate surface area is 141 Å². The summed E-state index contributed by atoms with van der Waals surface area (Å²) in [7, 11) is 0. The fraction of sp³-hybridized carbons (Fsp3) is 0.467. The van der Waals surface area contributed by atoms with Crippen LogP contribution in [-0.4, -0.2) is 39.1 Å². The molecule has 0 bridgehead atoms. The number of alkyl halides is 2. The third-order valence-electron chi connectivity index (χ3n) is 3.99. The topological polar surface area (TPSA) is 113 Å². The molecule has 2 aromatic heterocycles. The van der Waals surface area contributed by atoms with E-state index in [0.29, 0.717) is 18.5 Å². The van der Waals surface area contributed by atoms with Crippen LogP contribution in [0.1, 0.15) is 58.8 Å². The third-order valence-corrected chi connectivity index (χ3v) is 3.99. The number of H-pyrrole nitrogens is 1. The van der Waals surface area contributed by atoms with Crippen LogP contribution in [0.2, 0.25) is 0 Å². The molecule has 1 saturated carbocycles. The molecule has 0 radical (unpaired) electrons. The van der Waals surface area contributed by atoms with Crippen molar-refractivity contribution in [2.24, 2.45) is 0 Å². The molecule has 2 heterocycles. The molecule has 2 amide bonds. The first-order chi connectivity index (χ1) is 12.0. The Bertz CT molecular complexity index is 767. The van der Waals surface area contributed by atoms with Crippen LogP contribution >= 0.6 is 0 Å². The van der Waals surface area contributed by atoms with E-state index in [9.17, 15) is 18.4 Å². The zero-order valence-electron chi connectivity index (χ0n) is 13.4. The van der Waals surface area contributed by atoms with Gasteiger partial charge in [-0.3, -0.25) is 14.7 Å². The SMILES string of the molecule is CCc1cc(C(=O)NC2CC(NC(=O)c3coc(C(F)F)n3)C2)n[nH]1. The lowest BCUT2D eigenvalue weighted by Gasteiger charge is -2.35. The first-order valence-corrected chi connectivity index (χ1v) is 7.85. The number of carbonyl (C=O) groups is 2. The monoisotopic (exact) mass is 353 g/mol. The summed E-state index contributed by atoms with van der Waals surface area (Å²) in [6, 6.07) is 1.46. The molecule has 1 aliphatic rings. The van der Waals surface area contributed by atoms with E-state index in [0.717, 1.165) is 18.4 Å². The normalized spacial score (nSPS) is 19.5. The molecule has 3 N–H and O–H groups in total. The van der Waals surface area contributed by atoms with E-state index < -0.39 is 18.2 Å². The van der Waals surface area contributed by atoms with E-state index in [2.05, 4.69) is 30.2 Å². The second kappa shape index (κ2) is 6.99. The highest BCUT2D eigenvalue weighted by atomic mass is 19.3. The van der Waals surface area contributed by atoms with Crippen molar-refractivity contribution < 1.29 is 22.8 Å². The number of nitrogens with zero attached hydrogens (tertiary/aromatic N) is 2. The van der Waals surface area contributed by atoms with Crippen molar-refractivity contribution in [2.45, 2.75) is 44.7 Å². The zero-order chi connectivity index (χ0) is 18.0. The van der Waals surface area contributed by atoms with Crippen molar-refractivity contribution in [3.63, 3.8) is 0 Å². The summed E-state index contributed by atoms with van der Waals surface area (Å²) in [5.41, 5.74) is 1.01. The van der Waals surface area contributed by atoms with E-state index in [1.54, 1.807) is 6.07 Å². The minimum Gasteiger partial charge on any atom is -0.443 e. The van der Waals surface area contributed by atoms with Gasteiger partial charge in [0, 0.05) is 17.8 Å². The van der Waals surface area contributed by atoms with Gasteiger partial charge in [0.1, 0.15) is 12.0 Å². The van der Waals surface area contributed by atoms with Crippen LogP contribution in [0.15, 0.2) is 16.7 Å². The number of oxazole rings is 1. The summed E-state index contributed by atoms with van der Waals surface area (Å²) in [4.78, 5) is 27.3. The lowest BCUT2D eigenvalue weighted by Crippen LogP contribution is -2.53. The number of aromatic nitrogens is 3. The Hall–Kier alpha value is -2.78. The van der Waals surface area contributed by atoms with Gasteiger partial charge in [0.05, 0.1) is 0 Å². The van der Waals surface area contributed by atoms with Crippen LogP contribution < -0.4 is 10.6 Å². The van der Waals surface area contributed by atoms with E-state index in [-0.39, 0.29) is 23.7 Å². The highest BCUT2D eigenvalue weighted by Gasteiger charge is 2.33. The number of amides is 2. The molecule has 0 unspecified atom stereocenters. The van der Waals surface area contributed by atoms with Crippen LogP contribution in [0.25, 0.3) is 0 Å². The molecular weight excluding hydrogens is 336 g/mol. The Balaban J connectivity index is 1.44. The first kappa shape index (κ1) is 17.1. The summed E-state index contributed by atoms with van der Waals surface area (Å²) in [5, 5.41) is 12.2. The number of carbonyl (C=O) groups excluding carboxylic acids is 2. The van der Waals surface area contributed by atoms with Crippen molar-refractivity contribution in [3.05, 3.63) is 35.3 Å². The molecule has 1 fully saturated rings. The third kappa shape index (κ3) is 3.83. The minimum absolute atomic E-state index is 0.0755. The van der Waals surface area contributed by atoms with Gasteiger partial charge >= 0.3 is 6.43 Å². The quantitative estimate of drug-likeness (QED) is 0.730. The molecule has 3 rings (SSSR count). The Kier molecular flexibility index (Phi) is 4.77. The smallest absolute Gasteiger partial charge is 0.313 e. The largest absolute Gasteiger partial charge is 0.443 e. The zero-order valence-corrected chi connectivity index (χ0v) is 13.4. The summed E-state index contributed by atoms with van der Waals surface area (Å²) < 4.78 is 29.3. The standard InChI is InChI=1S/C15H17F2N5O3/c1-2-7-5-10(22-21-7)13(23)18-8-3-9(4-8)19-14(24)11-6-25-15(20-11)12(16)17/h5-6,8-9,12H,2-4H2,1H3,(H,18,23)(H,19,24)(H,21,22). The first-order valence-electron chi connectivity index (χ1n) is 7.85. The number of nitrogens with one attached hydrogen (secondary N) is 3. The number of rotatable bonds is 6. The fourth-order valence-corrected chi connectivity index (χ4v) is 2.52. The van der Waals surface area contributed by atoms with Crippen molar-refractivity contribution in [1.29, 1.82) is 0 Å². The van der Waals surface area contributed by atoms with Crippen LogP contribution in [0, 0.1) is 0 Å². The van der Waals surface area contributed by atoms with Gasteiger partial charge in [-0.2, -0.15) is 13.9 Å². The lowest BCUT2D eigenvalue weighted by molar-refractivity contribution is 0.0857. The van der Waals surface area contributed by atoms with Gasteiger partial charge < -0.3 is 15.1 Å². The van der Waals surface area contributed by atoms with Gasteiger partial charge in [-0.15, -0.1) is 0 Å². The Morgan fingerprint density at radius 3 is 2.44 bits per heavy atom. The van der Waals surface area contributed by atoms with Crippen molar-refractivity contribution in [1.82, 2.24) is 25.8 Å². The van der Waals surface area contributed by atoms with Gasteiger partial charge in [-0.25, -0.2) is 4.98 Å². The summed E-state index contributed by atoms with van der Waals surface area (Å²) in [6.45, 7) is 1.95. The van der Waals surface area contributed by atoms with Crippen molar-refractivity contribution in [3.8, 4) is 0 Å². The lowest BCUT2D eigenvalue weighted by atomic mass is 9.86. The molecule has 134 valence electrons. The predicted octanol–water partition coefficient (Wildman–Crippen LogP) is 1.59. The average molecular weight is 353 g/mol. The highest BCUT2D eigenvalue weighted by molar-refractivity contribution is 5.93. The van der Waals surface area contributed by atoms with Gasteiger partial charge in [0.15, 0.2) is 5.69 Å². The van der Waals surface area contributed by atoms with Crippen molar-refractivity contribution in [2.75, 3.05) is 0 Å². The van der Waals surface area contributed by atoms with E-state index in [1.807, 2.05) is 6.92 Å². The number of halogens is 2. The van der Waals surface area contributed by atoms with E-state index >= 15 is 0 Å². The molecule has 0 spiro atoms. The summed E-state index contributed by atoms with van der Waals surface area (Å²) in [5.74, 6) is -1.64. The van der Waals surface area contributed by atoms with Gasteiger partial charge in [-0.1, -0.05) is 6.92 Å². The van der Waals surface area contributed by atoms with Crippen LogP contribution in [0.4, 0.5) is 8.78 Å². The fourth-order valence-electron chi connectivity index (χ4n) is 2.52. The van der Waals surface area contributed by atoms with E-state index in [4.69, 9.17) is 0 Å². The van der Waals surface area contributed by atoms with Gasteiger partial charge in [0.2, 0.25) is 0 Å². The number of aromatic amines is 1. The van der Waals surface area contributed by atoms with Crippen molar-refractivity contribution >= 4 is 11.8 Å². The molecule has 0 aromatic carbocycles. The maximum Gasteiger partial charge on any atom is 0.313 e. The minimum atomic E-state index is -2.86. The van der Waals surface area contributed by atoms with Crippen LogP contribution in [0.3, 0.4) is 0 Å². The Morgan fingerprint density at radius 1 is 1.28 bits per heavy atom. The maximum atomic E-state index is 12.4. The molecule has 1 aliphatic carbocycles. The molecule has 0 aliphatic heterocycles. The Morgan fingerprint density at radius 2 is 1.92 bits per heavy atom. The number of hydrogen-bond donors (Lipinski definition) is 3. The summed E-state index contributed by atoms with van der Waals surface area (Å²) in [6.07, 6.45) is -0.116. The van der Waals surface area contributed by atoms with Gasteiger partial charge in [-0.05, 0) is 25.3 Å². The molecular formula is C15H17F2N5O3. The molecule has 25 heavy (non-hydrogen) atoms. The molecule has 10 heteroatoms. The maximum absolute atomic E-state index is 12.4. The van der Waals surface area contributed by atoms with Crippen LogP contribution in [0.5, 0.6) is 0 Å². The number of hydrogen-bond acceptors (Lipinski definition) is 5.